The maximum Gasteiger partial charge on any atom is 0.313 e. The Labute approximate surface area is 170 Å². The van der Waals surface area contributed by atoms with E-state index in [1.165, 1.54) is 6.07 Å². The van der Waals surface area contributed by atoms with Crippen molar-refractivity contribution < 1.29 is 13.9 Å². The molecule has 1 saturated heterocycles. The number of nitrogens with zero attached hydrogens (tertiary/aromatic N) is 3. The highest BCUT2D eigenvalue weighted by molar-refractivity contribution is 6.30. The number of ether oxygens (including phenoxy) is 1. The molecule has 0 N–H and O–H groups in total. The second-order valence-corrected chi connectivity index (χ2v) is 7.92. The van der Waals surface area contributed by atoms with Gasteiger partial charge in [-0.1, -0.05) is 29.8 Å². The molecule has 5 nitrogen and oxygen atoms in total. The van der Waals surface area contributed by atoms with Gasteiger partial charge in [0.05, 0.1) is 17.7 Å². The number of esters is 1. The molecule has 1 aliphatic heterocycles. The van der Waals surface area contributed by atoms with E-state index in [2.05, 4.69) is 10.00 Å². The molecule has 152 valence electrons. The molecule has 3 rings (SSSR count). The molecule has 2 heterocycles. The number of halogens is 2. The van der Waals surface area contributed by atoms with Crippen LogP contribution in [0, 0.1) is 18.2 Å². The zero-order chi connectivity index (χ0) is 20.3. The van der Waals surface area contributed by atoms with E-state index in [0.29, 0.717) is 43.3 Å². The summed E-state index contributed by atoms with van der Waals surface area (Å²) in [6, 6.07) is 6.65. The lowest BCUT2D eigenvalue weighted by Crippen LogP contribution is -2.49. The monoisotopic (exact) mass is 407 g/mol. The van der Waals surface area contributed by atoms with Crippen molar-refractivity contribution in [2.75, 3.05) is 19.7 Å². The van der Waals surface area contributed by atoms with Crippen molar-refractivity contribution >= 4 is 17.6 Å². The Morgan fingerprint density at radius 3 is 2.79 bits per heavy atom. The Hall–Kier alpha value is -1.92. The van der Waals surface area contributed by atoms with Crippen LogP contribution in [-0.4, -0.2) is 40.3 Å². The van der Waals surface area contributed by atoms with E-state index >= 15 is 0 Å². The third-order valence-corrected chi connectivity index (χ3v) is 5.98. The van der Waals surface area contributed by atoms with E-state index in [-0.39, 0.29) is 11.8 Å². The van der Waals surface area contributed by atoms with Crippen molar-refractivity contribution in [1.29, 1.82) is 0 Å². The third kappa shape index (κ3) is 4.23. The van der Waals surface area contributed by atoms with Crippen molar-refractivity contribution in [2.24, 2.45) is 12.5 Å². The third-order valence-electron chi connectivity index (χ3n) is 5.50. The Bertz CT molecular complexity index is 854. The van der Waals surface area contributed by atoms with Crippen LogP contribution in [0.2, 0.25) is 5.15 Å². The van der Waals surface area contributed by atoms with Gasteiger partial charge in [-0.2, -0.15) is 5.10 Å². The fraction of sp³-hybridized carbons (Fsp3) is 0.524. The standard InChI is InChI=1S/C21H27ClFN3O2/c1-4-28-20(27)21(12-16-8-5-6-9-18(16)23)10-7-11-26(14-21)13-17-15(2)24-25(3)19(17)22/h5-6,8-9H,4,7,10-14H2,1-3H3. The van der Waals surface area contributed by atoms with Gasteiger partial charge in [0, 0.05) is 25.7 Å². The van der Waals surface area contributed by atoms with Gasteiger partial charge < -0.3 is 4.74 Å². The first-order valence-corrected chi connectivity index (χ1v) is 10.0. The van der Waals surface area contributed by atoms with E-state index in [4.69, 9.17) is 16.3 Å². The molecule has 28 heavy (non-hydrogen) atoms. The lowest BCUT2D eigenvalue weighted by atomic mass is 9.75. The van der Waals surface area contributed by atoms with Crippen molar-refractivity contribution in [3.63, 3.8) is 0 Å². The van der Waals surface area contributed by atoms with E-state index in [9.17, 15) is 9.18 Å². The van der Waals surface area contributed by atoms with E-state index < -0.39 is 5.41 Å². The van der Waals surface area contributed by atoms with Crippen LogP contribution in [0.5, 0.6) is 0 Å². The highest BCUT2D eigenvalue weighted by Crippen LogP contribution is 2.37. The van der Waals surface area contributed by atoms with E-state index in [0.717, 1.165) is 24.2 Å². The average molecular weight is 408 g/mol. The zero-order valence-corrected chi connectivity index (χ0v) is 17.4. The normalized spacial score (nSPS) is 20.3. The van der Waals surface area contributed by atoms with Gasteiger partial charge in [0.15, 0.2) is 0 Å². The topological polar surface area (TPSA) is 47.4 Å². The Morgan fingerprint density at radius 1 is 1.39 bits per heavy atom. The second-order valence-electron chi connectivity index (χ2n) is 7.56. The summed E-state index contributed by atoms with van der Waals surface area (Å²) in [5, 5.41) is 4.98. The number of rotatable bonds is 6. The summed E-state index contributed by atoms with van der Waals surface area (Å²) >= 11 is 6.40. The average Bonchev–Trinajstić information content (AvgIpc) is 2.90. The van der Waals surface area contributed by atoms with Gasteiger partial charge in [0.2, 0.25) is 0 Å². The second kappa shape index (κ2) is 8.62. The van der Waals surface area contributed by atoms with Crippen molar-refractivity contribution in [3.05, 3.63) is 52.1 Å². The first-order chi connectivity index (χ1) is 13.4. The van der Waals surface area contributed by atoms with Gasteiger partial charge in [-0.25, -0.2) is 4.39 Å². The molecule has 0 amide bonds. The van der Waals surface area contributed by atoms with E-state index in [1.807, 2.05) is 14.0 Å². The number of carbonyl (C=O) groups is 1. The van der Waals surface area contributed by atoms with E-state index in [1.54, 1.807) is 29.8 Å². The minimum Gasteiger partial charge on any atom is -0.466 e. The molecule has 1 aliphatic rings. The lowest BCUT2D eigenvalue weighted by molar-refractivity contribution is -0.159. The Balaban J connectivity index is 1.87. The van der Waals surface area contributed by atoms with Crippen LogP contribution >= 0.6 is 11.6 Å². The van der Waals surface area contributed by atoms with Crippen LogP contribution < -0.4 is 0 Å². The molecule has 0 radical (unpaired) electrons. The van der Waals surface area contributed by atoms with Crippen LogP contribution in [0.25, 0.3) is 0 Å². The fourth-order valence-electron chi connectivity index (χ4n) is 4.11. The number of piperidine rings is 1. The van der Waals surface area contributed by atoms with Crippen LogP contribution in [-0.2, 0) is 29.5 Å². The summed E-state index contributed by atoms with van der Waals surface area (Å²) < 4.78 is 21.4. The number of aryl methyl sites for hydroxylation is 2. The Kier molecular flexibility index (Phi) is 6.40. The van der Waals surface area contributed by atoms with Gasteiger partial charge >= 0.3 is 5.97 Å². The van der Waals surface area contributed by atoms with Gasteiger partial charge in [-0.15, -0.1) is 0 Å². The maximum atomic E-state index is 14.3. The number of benzene rings is 1. The molecule has 2 aromatic rings. The van der Waals surface area contributed by atoms with Crippen molar-refractivity contribution in [3.8, 4) is 0 Å². The minimum absolute atomic E-state index is 0.253. The highest BCUT2D eigenvalue weighted by atomic mass is 35.5. The molecule has 0 saturated carbocycles. The molecule has 1 atom stereocenters. The first kappa shape index (κ1) is 20.8. The van der Waals surface area contributed by atoms with Crippen LogP contribution in [0.1, 0.15) is 36.6 Å². The summed E-state index contributed by atoms with van der Waals surface area (Å²) in [5.41, 5.74) is 1.63. The molecule has 0 bridgehead atoms. The maximum absolute atomic E-state index is 14.3. The first-order valence-electron chi connectivity index (χ1n) is 9.67. The summed E-state index contributed by atoms with van der Waals surface area (Å²) in [7, 11) is 1.82. The molecule has 0 aliphatic carbocycles. The predicted molar refractivity (Wildman–Crippen MR) is 107 cm³/mol. The number of carbonyl (C=O) groups excluding carboxylic acids is 1. The Morgan fingerprint density at radius 2 is 2.14 bits per heavy atom. The SMILES string of the molecule is CCOC(=O)C1(Cc2ccccc2F)CCCN(Cc2c(C)nn(C)c2Cl)C1. The molecule has 1 aromatic heterocycles. The molecule has 7 heteroatoms. The van der Waals surface area contributed by atoms with Gasteiger partial charge in [-0.05, 0) is 51.3 Å². The molecule has 1 fully saturated rings. The predicted octanol–water partition coefficient (Wildman–Crippen LogP) is 3.91. The molecule has 1 unspecified atom stereocenters. The van der Waals surface area contributed by atoms with Gasteiger partial charge in [0.25, 0.3) is 0 Å². The number of hydrogen-bond acceptors (Lipinski definition) is 4. The summed E-state index contributed by atoms with van der Waals surface area (Å²) in [6.45, 7) is 6.01. The zero-order valence-electron chi connectivity index (χ0n) is 16.7. The van der Waals surface area contributed by atoms with Crippen molar-refractivity contribution in [1.82, 2.24) is 14.7 Å². The molecular formula is C21H27ClFN3O2. The molecule has 1 aromatic carbocycles. The summed E-state index contributed by atoms with van der Waals surface area (Å²) in [4.78, 5) is 15.2. The smallest absolute Gasteiger partial charge is 0.313 e. The summed E-state index contributed by atoms with van der Waals surface area (Å²) in [5.74, 6) is -0.536. The van der Waals surface area contributed by atoms with Gasteiger partial charge in [-0.3, -0.25) is 14.4 Å². The summed E-state index contributed by atoms with van der Waals surface area (Å²) in [6.07, 6.45) is 1.84. The van der Waals surface area contributed by atoms with Crippen LogP contribution in [0.3, 0.4) is 0 Å². The fourth-order valence-corrected chi connectivity index (χ4v) is 4.35. The number of likely N-dealkylation sites (tertiary alicyclic amines) is 1. The quantitative estimate of drug-likeness (QED) is 0.681. The number of hydrogen-bond donors (Lipinski definition) is 0. The lowest BCUT2D eigenvalue weighted by Gasteiger charge is -2.41. The molecule has 0 spiro atoms. The number of aromatic nitrogens is 2. The highest BCUT2D eigenvalue weighted by Gasteiger charge is 2.44. The van der Waals surface area contributed by atoms with Gasteiger partial charge in [0.1, 0.15) is 11.0 Å². The molecular weight excluding hydrogens is 381 g/mol. The van der Waals surface area contributed by atoms with Crippen LogP contribution in [0.15, 0.2) is 24.3 Å². The minimum atomic E-state index is -0.765. The van der Waals surface area contributed by atoms with Crippen molar-refractivity contribution in [2.45, 2.75) is 39.7 Å². The largest absolute Gasteiger partial charge is 0.466 e. The van der Waals surface area contributed by atoms with Crippen LogP contribution in [0.4, 0.5) is 4.39 Å².